The Labute approximate surface area is 176 Å². The highest BCUT2D eigenvalue weighted by atomic mass is 16.2. The number of aryl methyl sites for hydroxylation is 1. The van der Waals surface area contributed by atoms with Crippen LogP contribution >= 0.6 is 0 Å². The van der Waals surface area contributed by atoms with E-state index in [1.165, 1.54) is 23.9 Å². The fourth-order valence-electron chi connectivity index (χ4n) is 4.58. The molecule has 7 heteroatoms. The van der Waals surface area contributed by atoms with Gasteiger partial charge in [-0.3, -0.25) is 14.5 Å². The number of nitrogens with zero attached hydrogens (tertiary/aromatic N) is 4. The number of amides is 1. The maximum atomic E-state index is 13.2. The first-order chi connectivity index (χ1) is 14.6. The third-order valence-corrected chi connectivity index (χ3v) is 6.18. The lowest BCUT2D eigenvalue weighted by Crippen LogP contribution is -2.43. The molecule has 1 aliphatic heterocycles. The smallest absolute Gasteiger partial charge is 0.291 e. The van der Waals surface area contributed by atoms with Crippen molar-refractivity contribution in [2.24, 2.45) is 0 Å². The molecule has 1 amide bonds. The van der Waals surface area contributed by atoms with Gasteiger partial charge in [-0.15, -0.1) is 0 Å². The number of nitrogens with one attached hydrogen (secondary N) is 1. The molecule has 3 aromatic rings. The molecular weight excluding hydrogens is 378 g/mol. The first kappa shape index (κ1) is 20.6. The molecule has 4 rings (SSSR count). The standard InChI is InChI=1S/C23H31N5O2/c1-3-12-27-20-10-5-4-9-18(20)19-15-25-28(23(30)22(19)27)16-21(29)24-11-14-26-13-7-6-8-17(26)2/h4-5,9-10,15,17H,3,6-8,11-14,16H2,1-2H3,(H,24,29). The molecule has 0 aliphatic carbocycles. The van der Waals surface area contributed by atoms with E-state index in [1.54, 1.807) is 6.20 Å². The summed E-state index contributed by atoms with van der Waals surface area (Å²) < 4.78 is 3.34. The van der Waals surface area contributed by atoms with E-state index in [-0.39, 0.29) is 18.0 Å². The number of para-hydroxylation sites is 1. The lowest BCUT2D eigenvalue weighted by Gasteiger charge is -2.33. The Bertz CT molecular complexity index is 1100. The molecule has 1 N–H and O–H groups in total. The molecule has 1 aromatic carbocycles. The number of likely N-dealkylation sites (tertiary alicyclic amines) is 1. The fourth-order valence-corrected chi connectivity index (χ4v) is 4.58. The van der Waals surface area contributed by atoms with Crippen molar-refractivity contribution in [2.75, 3.05) is 19.6 Å². The predicted octanol–water partition coefficient (Wildman–Crippen LogP) is 2.75. The normalized spacial score (nSPS) is 17.6. The average Bonchev–Trinajstić information content (AvgIpc) is 3.06. The molecular formula is C23H31N5O2. The Hall–Kier alpha value is -2.67. The Morgan fingerprint density at radius 2 is 2.03 bits per heavy atom. The van der Waals surface area contributed by atoms with Crippen LogP contribution in [0.5, 0.6) is 0 Å². The largest absolute Gasteiger partial charge is 0.353 e. The van der Waals surface area contributed by atoms with Crippen molar-refractivity contribution in [1.29, 1.82) is 0 Å². The van der Waals surface area contributed by atoms with Gasteiger partial charge in [0, 0.05) is 42.0 Å². The monoisotopic (exact) mass is 409 g/mol. The average molecular weight is 410 g/mol. The molecule has 1 fully saturated rings. The van der Waals surface area contributed by atoms with Gasteiger partial charge in [-0.2, -0.15) is 5.10 Å². The van der Waals surface area contributed by atoms with E-state index in [9.17, 15) is 9.59 Å². The van der Waals surface area contributed by atoms with Gasteiger partial charge in [-0.05, 0) is 38.8 Å². The van der Waals surface area contributed by atoms with Crippen LogP contribution in [0.1, 0.15) is 39.5 Å². The third-order valence-electron chi connectivity index (χ3n) is 6.18. The van der Waals surface area contributed by atoms with Gasteiger partial charge >= 0.3 is 0 Å². The minimum atomic E-state index is -0.211. The van der Waals surface area contributed by atoms with Gasteiger partial charge in [0.05, 0.1) is 6.20 Å². The molecule has 2 aromatic heterocycles. The molecule has 7 nitrogen and oxygen atoms in total. The summed E-state index contributed by atoms with van der Waals surface area (Å²) in [5, 5.41) is 9.13. The van der Waals surface area contributed by atoms with Crippen molar-refractivity contribution in [1.82, 2.24) is 24.6 Å². The molecule has 1 unspecified atom stereocenters. The van der Waals surface area contributed by atoms with E-state index in [4.69, 9.17) is 0 Å². The van der Waals surface area contributed by atoms with Gasteiger partial charge in [-0.1, -0.05) is 31.5 Å². The molecule has 1 saturated heterocycles. The lowest BCUT2D eigenvalue weighted by atomic mass is 10.0. The SMILES string of the molecule is CCCn1c2ccccc2c2cnn(CC(=O)NCCN3CCCCC3C)c(=O)c21. The zero-order valence-electron chi connectivity index (χ0n) is 17.9. The summed E-state index contributed by atoms with van der Waals surface area (Å²) in [6, 6.07) is 8.57. The van der Waals surface area contributed by atoms with Crippen molar-refractivity contribution in [2.45, 2.75) is 58.7 Å². The quantitative estimate of drug-likeness (QED) is 0.651. The number of carbonyl (C=O) groups is 1. The number of rotatable bonds is 7. The van der Waals surface area contributed by atoms with Crippen molar-refractivity contribution in [3.05, 3.63) is 40.8 Å². The highest BCUT2D eigenvalue weighted by molar-refractivity contribution is 6.07. The van der Waals surface area contributed by atoms with Gasteiger partial charge in [0.1, 0.15) is 12.1 Å². The molecule has 1 aliphatic rings. The number of fused-ring (bicyclic) bond motifs is 3. The van der Waals surface area contributed by atoms with Crippen LogP contribution in [0, 0.1) is 0 Å². The second-order valence-corrected chi connectivity index (χ2v) is 8.27. The summed E-state index contributed by atoms with van der Waals surface area (Å²) in [7, 11) is 0. The number of hydrogen-bond acceptors (Lipinski definition) is 4. The van der Waals surface area contributed by atoms with Crippen molar-refractivity contribution in [3.63, 3.8) is 0 Å². The van der Waals surface area contributed by atoms with E-state index in [1.807, 2.05) is 24.3 Å². The number of aromatic nitrogens is 3. The highest BCUT2D eigenvalue weighted by Gasteiger charge is 2.19. The van der Waals surface area contributed by atoms with Crippen molar-refractivity contribution >= 4 is 27.7 Å². The van der Waals surface area contributed by atoms with Crippen LogP contribution < -0.4 is 10.9 Å². The number of hydrogen-bond donors (Lipinski definition) is 1. The molecule has 0 radical (unpaired) electrons. The molecule has 30 heavy (non-hydrogen) atoms. The molecule has 0 bridgehead atoms. The number of piperidine rings is 1. The first-order valence-electron chi connectivity index (χ1n) is 11.1. The number of carbonyl (C=O) groups excluding carboxylic acids is 1. The Kier molecular flexibility index (Phi) is 6.18. The van der Waals surface area contributed by atoms with Crippen LogP contribution in [0.15, 0.2) is 35.3 Å². The summed E-state index contributed by atoms with van der Waals surface area (Å²) in [4.78, 5) is 28.1. The van der Waals surface area contributed by atoms with E-state index in [0.717, 1.165) is 42.3 Å². The molecule has 3 heterocycles. The summed E-state index contributed by atoms with van der Waals surface area (Å²) in [5.41, 5.74) is 1.45. The maximum absolute atomic E-state index is 13.2. The van der Waals surface area contributed by atoms with Crippen LogP contribution in [0.4, 0.5) is 0 Å². The second kappa shape index (κ2) is 9.00. The zero-order chi connectivity index (χ0) is 21.1. The Morgan fingerprint density at radius 3 is 2.83 bits per heavy atom. The molecule has 1 atom stereocenters. The fraction of sp³-hybridized carbons (Fsp3) is 0.522. The minimum absolute atomic E-state index is 0.0576. The van der Waals surface area contributed by atoms with Gasteiger partial charge in [-0.25, -0.2) is 4.68 Å². The van der Waals surface area contributed by atoms with E-state index in [2.05, 4.69) is 33.7 Å². The number of benzene rings is 1. The molecule has 0 spiro atoms. The first-order valence-corrected chi connectivity index (χ1v) is 11.1. The van der Waals surface area contributed by atoms with Crippen LogP contribution in [0.3, 0.4) is 0 Å². The van der Waals surface area contributed by atoms with Gasteiger partial charge < -0.3 is 9.88 Å². The summed E-state index contributed by atoms with van der Waals surface area (Å²) in [6.07, 6.45) is 6.37. The van der Waals surface area contributed by atoms with Gasteiger partial charge in [0.15, 0.2) is 0 Å². The van der Waals surface area contributed by atoms with Gasteiger partial charge in [0.2, 0.25) is 5.91 Å². The summed E-state index contributed by atoms with van der Waals surface area (Å²) >= 11 is 0. The van der Waals surface area contributed by atoms with Gasteiger partial charge in [0.25, 0.3) is 5.56 Å². The molecule has 160 valence electrons. The van der Waals surface area contributed by atoms with Crippen LogP contribution in [-0.2, 0) is 17.9 Å². The predicted molar refractivity (Wildman–Crippen MR) is 120 cm³/mol. The van der Waals surface area contributed by atoms with E-state index in [0.29, 0.717) is 18.1 Å². The lowest BCUT2D eigenvalue weighted by molar-refractivity contribution is -0.122. The summed E-state index contributed by atoms with van der Waals surface area (Å²) in [5.74, 6) is -0.174. The third kappa shape index (κ3) is 3.99. The van der Waals surface area contributed by atoms with Crippen molar-refractivity contribution < 1.29 is 4.79 Å². The second-order valence-electron chi connectivity index (χ2n) is 8.27. The van der Waals surface area contributed by atoms with Crippen LogP contribution in [0.2, 0.25) is 0 Å². The summed E-state index contributed by atoms with van der Waals surface area (Å²) in [6.45, 7) is 7.57. The van der Waals surface area contributed by atoms with Crippen LogP contribution in [0.25, 0.3) is 21.8 Å². The maximum Gasteiger partial charge on any atom is 0.291 e. The Morgan fingerprint density at radius 1 is 1.20 bits per heavy atom. The van der Waals surface area contributed by atoms with E-state index >= 15 is 0 Å². The zero-order valence-corrected chi connectivity index (χ0v) is 17.9. The van der Waals surface area contributed by atoms with Crippen LogP contribution in [-0.4, -0.2) is 50.8 Å². The van der Waals surface area contributed by atoms with Crippen molar-refractivity contribution in [3.8, 4) is 0 Å². The Balaban J connectivity index is 1.51. The van der Waals surface area contributed by atoms with E-state index < -0.39 is 0 Å². The topological polar surface area (TPSA) is 72.2 Å². The highest BCUT2D eigenvalue weighted by Crippen LogP contribution is 2.26. The minimum Gasteiger partial charge on any atom is -0.353 e. The molecule has 0 saturated carbocycles.